The summed E-state index contributed by atoms with van der Waals surface area (Å²) in [6, 6.07) is 2.23. The predicted molar refractivity (Wildman–Crippen MR) is 63.5 cm³/mol. The molecule has 0 bridgehead atoms. The van der Waals surface area contributed by atoms with E-state index in [1.165, 1.54) is 0 Å². The third kappa shape index (κ3) is 3.05. The Morgan fingerprint density at radius 1 is 1.52 bits per heavy atom. The van der Waals surface area contributed by atoms with Crippen LogP contribution in [0.4, 0.5) is 19.0 Å². The van der Waals surface area contributed by atoms with E-state index in [4.69, 9.17) is 15.1 Å². The predicted octanol–water partition coefficient (Wildman–Crippen LogP) is 1.26. The van der Waals surface area contributed by atoms with Crippen molar-refractivity contribution in [2.24, 2.45) is 0 Å². The van der Waals surface area contributed by atoms with E-state index in [-0.39, 0.29) is 31.1 Å². The Morgan fingerprint density at radius 3 is 2.81 bits per heavy atom. The van der Waals surface area contributed by atoms with Gasteiger partial charge in [-0.2, -0.15) is 18.4 Å². The van der Waals surface area contributed by atoms with Gasteiger partial charge in [-0.1, -0.05) is 0 Å². The lowest BCUT2D eigenvalue weighted by atomic mass is 10.1. The first-order chi connectivity index (χ1) is 9.84. The van der Waals surface area contributed by atoms with Crippen molar-refractivity contribution in [1.29, 1.82) is 5.26 Å². The van der Waals surface area contributed by atoms with Crippen LogP contribution in [0, 0.1) is 11.3 Å². The monoisotopic (exact) mass is 301 g/mol. The zero-order chi connectivity index (χ0) is 15.6. The molecule has 6 nitrogen and oxygen atoms in total. The summed E-state index contributed by atoms with van der Waals surface area (Å²) in [6.45, 7) is 0.00462. The Hall–Kier alpha value is -2.34. The van der Waals surface area contributed by atoms with E-state index < -0.39 is 23.9 Å². The number of hydrogen-bond donors (Lipinski definition) is 1. The molecular formula is C12H10F3N3O3. The van der Waals surface area contributed by atoms with Crippen molar-refractivity contribution in [2.75, 3.05) is 24.7 Å². The summed E-state index contributed by atoms with van der Waals surface area (Å²) in [6.07, 6.45) is -4.67. The van der Waals surface area contributed by atoms with E-state index in [1.54, 1.807) is 6.07 Å². The number of ether oxygens (including phenoxy) is 1. The minimum Gasteiger partial charge on any atom is -0.480 e. The molecule has 9 heteroatoms. The quantitative estimate of drug-likeness (QED) is 0.885. The van der Waals surface area contributed by atoms with Gasteiger partial charge in [-0.25, -0.2) is 9.78 Å². The van der Waals surface area contributed by atoms with E-state index in [1.807, 2.05) is 0 Å². The zero-order valence-electron chi connectivity index (χ0n) is 10.6. The lowest BCUT2D eigenvalue weighted by molar-refractivity contribution is -0.141. The van der Waals surface area contributed by atoms with Crippen LogP contribution in [-0.4, -0.2) is 41.9 Å². The summed E-state index contributed by atoms with van der Waals surface area (Å²) in [5, 5.41) is 18.1. The fourth-order valence-corrected chi connectivity index (χ4v) is 1.97. The van der Waals surface area contributed by atoms with E-state index in [0.29, 0.717) is 6.07 Å². The topological polar surface area (TPSA) is 86.5 Å². The number of alkyl halides is 3. The zero-order valence-corrected chi connectivity index (χ0v) is 10.6. The maximum Gasteiger partial charge on any atom is 0.433 e. The van der Waals surface area contributed by atoms with Gasteiger partial charge < -0.3 is 14.7 Å². The van der Waals surface area contributed by atoms with Gasteiger partial charge >= 0.3 is 12.1 Å². The maximum absolute atomic E-state index is 12.7. The van der Waals surface area contributed by atoms with Crippen LogP contribution >= 0.6 is 0 Å². The number of pyridine rings is 1. The molecule has 0 spiro atoms. The third-order valence-corrected chi connectivity index (χ3v) is 2.97. The van der Waals surface area contributed by atoms with Gasteiger partial charge in [0, 0.05) is 6.54 Å². The van der Waals surface area contributed by atoms with Crippen LogP contribution in [0.3, 0.4) is 0 Å². The van der Waals surface area contributed by atoms with Crippen molar-refractivity contribution < 1.29 is 27.8 Å². The molecule has 21 heavy (non-hydrogen) atoms. The molecule has 1 atom stereocenters. The van der Waals surface area contributed by atoms with Gasteiger partial charge in [0.25, 0.3) is 0 Å². The highest BCUT2D eigenvalue weighted by Crippen LogP contribution is 2.31. The highest BCUT2D eigenvalue weighted by molar-refractivity contribution is 5.79. The smallest absolute Gasteiger partial charge is 0.433 e. The number of aliphatic carboxylic acids is 1. The summed E-state index contributed by atoms with van der Waals surface area (Å²) in [5.74, 6) is -1.54. The molecule has 1 unspecified atom stereocenters. The number of rotatable bonds is 2. The lowest BCUT2D eigenvalue weighted by Crippen LogP contribution is -2.50. The second-order valence-electron chi connectivity index (χ2n) is 4.30. The van der Waals surface area contributed by atoms with E-state index in [2.05, 4.69) is 4.98 Å². The Kier molecular flexibility index (Phi) is 3.99. The van der Waals surface area contributed by atoms with Crippen LogP contribution in [0.25, 0.3) is 0 Å². The first kappa shape index (κ1) is 15.1. The summed E-state index contributed by atoms with van der Waals surface area (Å²) in [5.41, 5.74) is -1.29. The number of nitriles is 1. The molecule has 2 heterocycles. The van der Waals surface area contributed by atoms with Crippen LogP contribution < -0.4 is 4.90 Å². The van der Waals surface area contributed by atoms with Gasteiger partial charge in [-0.15, -0.1) is 0 Å². The van der Waals surface area contributed by atoms with Gasteiger partial charge in [0.15, 0.2) is 6.04 Å². The van der Waals surface area contributed by atoms with Crippen molar-refractivity contribution in [1.82, 2.24) is 4.98 Å². The first-order valence-corrected chi connectivity index (χ1v) is 5.90. The highest BCUT2D eigenvalue weighted by Gasteiger charge is 2.36. The number of aromatic nitrogens is 1. The standard InChI is InChI=1S/C12H10F3N3O3/c13-12(14,15)9-2-1-7(5-16)10(17-9)18-3-4-21-6-8(18)11(19)20/h1-2,8H,3-4,6H2,(H,19,20). The number of carboxylic acid groups (broad SMARTS) is 1. The van der Waals surface area contributed by atoms with Crippen LogP contribution in [0.15, 0.2) is 12.1 Å². The van der Waals surface area contributed by atoms with Crippen molar-refractivity contribution in [2.45, 2.75) is 12.2 Å². The number of carboxylic acids is 1. The molecule has 1 aromatic heterocycles. The number of nitrogens with zero attached hydrogens (tertiary/aromatic N) is 3. The molecule has 0 radical (unpaired) electrons. The Morgan fingerprint density at radius 2 is 2.24 bits per heavy atom. The lowest BCUT2D eigenvalue weighted by Gasteiger charge is -2.34. The molecule has 2 rings (SSSR count). The summed E-state index contributed by atoms with van der Waals surface area (Å²) in [4.78, 5) is 15.7. The molecular weight excluding hydrogens is 291 g/mol. The molecule has 1 saturated heterocycles. The second kappa shape index (κ2) is 5.57. The van der Waals surface area contributed by atoms with Crippen LogP contribution in [0.2, 0.25) is 0 Å². The van der Waals surface area contributed by atoms with Crippen LogP contribution in [0.1, 0.15) is 11.3 Å². The molecule has 0 aromatic carbocycles. The third-order valence-electron chi connectivity index (χ3n) is 2.97. The molecule has 1 aliphatic rings. The SMILES string of the molecule is N#Cc1ccc(C(F)(F)F)nc1N1CCOCC1C(=O)O. The van der Waals surface area contributed by atoms with Gasteiger partial charge in [0.1, 0.15) is 17.6 Å². The Labute approximate surface area is 117 Å². The van der Waals surface area contributed by atoms with Gasteiger partial charge in [0.05, 0.1) is 18.8 Å². The summed E-state index contributed by atoms with van der Waals surface area (Å²) in [7, 11) is 0. The molecule has 0 saturated carbocycles. The average molecular weight is 301 g/mol. The van der Waals surface area contributed by atoms with Gasteiger partial charge in [-0.3, -0.25) is 0 Å². The average Bonchev–Trinajstić information content (AvgIpc) is 2.45. The number of halogens is 3. The van der Waals surface area contributed by atoms with Gasteiger partial charge in [0.2, 0.25) is 0 Å². The van der Waals surface area contributed by atoms with Crippen molar-refractivity contribution in [3.05, 3.63) is 23.4 Å². The number of morpholine rings is 1. The maximum atomic E-state index is 12.7. The Balaban J connectivity index is 2.49. The van der Waals surface area contributed by atoms with E-state index in [9.17, 15) is 18.0 Å². The van der Waals surface area contributed by atoms with Crippen LogP contribution in [0.5, 0.6) is 0 Å². The van der Waals surface area contributed by atoms with Crippen molar-refractivity contribution in [3.8, 4) is 6.07 Å². The molecule has 112 valence electrons. The largest absolute Gasteiger partial charge is 0.480 e. The summed E-state index contributed by atoms with van der Waals surface area (Å²) < 4.78 is 43.2. The minimum absolute atomic E-state index is 0.0416. The second-order valence-corrected chi connectivity index (χ2v) is 4.30. The van der Waals surface area contributed by atoms with Crippen molar-refractivity contribution in [3.63, 3.8) is 0 Å². The molecule has 1 aromatic rings. The molecule has 1 fully saturated rings. The van der Waals surface area contributed by atoms with Crippen molar-refractivity contribution >= 4 is 11.8 Å². The van der Waals surface area contributed by atoms with Gasteiger partial charge in [-0.05, 0) is 12.1 Å². The molecule has 1 aliphatic heterocycles. The normalized spacial score (nSPS) is 19.1. The summed E-state index contributed by atoms with van der Waals surface area (Å²) >= 11 is 0. The fraction of sp³-hybridized carbons (Fsp3) is 0.417. The fourth-order valence-electron chi connectivity index (χ4n) is 1.97. The van der Waals surface area contributed by atoms with E-state index >= 15 is 0 Å². The number of anilines is 1. The minimum atomic E-state index is -4.67. The molecule has 0 aliphatic carbocycles. The Bertz CT molecular complexity index is 598. The molecule has 0 amide bonds. The number of carbonyl (C=O) groups is 1. The van der Waals surface area contributed by atoms with E-state index in [0.717, 1.165) is 11.0 Å². The number of hydrogen-bond acceptors (Lipinski definition) is 5. The van der Waals surface area contributed by atoms with Crippen LogP contribution in [-0.2, 0) is 15.7 Å². The molecule has 1 N–H and O–H groups in total. The first-order valence-electron chi connectivity index (χ1n) is 5.90. The highest BCUT2D eigenvalue weighted by atomic mass is 19.4.